The topological polar surface area (TPSA) is 111 Å². The number of halogens is 3. The van der Waals surface area contributed by atoms with E-state index in [0.29, 0.717) is 10.8 Å². The number of alkyl halides is 2. The van der Waals surface area contributed by atoms with E-state index in [4.69, 9.17) is 9.47 Å². The number of rotatable bonds is 3. The van der Waals surface area contributed by atoms with Crippen molar-refractivity contribution in [3.8, 4) is 0 Å². The van der Waals surface area contributed by atoms with Crippen molar-refractivity contribution >= 4 is 28.6 Å². The van der Waals surface area contributed by atoms with Gasteiger partial charge in [-0.25, -0.2) is 9.18 Å². The fourth-order valence-corrected chi connectivity index (χ4v) is 2.94. The zero-order valence-electron chi connectivity index (χ0n) is 11.7. The van der Waals surface area contributed by atoms with Gasteiger partial charge in [0.1, 0.15) is 6.10 Å². The Balaban J connectivity index is 2.50. The first-order valence-corrected chi connectivity index (χ1v) is 8.00. The number of nitrogens with one attached hydrogen (secondary N) is 1. The molecule has 0 bridgehead atoms. The minimum absolute atomic E-state index is 0.170. The normalized spacial score (nSPS) is 30.9. The summed E-state index contributed by atoms with van der Waals surface area (Å²) in [7, 11) is 0. The van der Waals surface area contributed by atoms with Crippen LogP contribution >= 0.6 is 22.6 Å². The van der Waals surface area contributed by atoms with Gasteiger partial charge in [-0.1, -0.05) is 22.6 Å². The summed E-state index contributed by atoms with van der Waals surface area (Å²) < 4.78 is 38.8. The summed E-state index contributed by atoms with van der Waals surface area (Å²) in [6.07, 6.45) is -7.32. The van der Waals surface area contributed by atoms with E-state index >= 15 is 0 Å². The molecule has 1 aromatic heterocycles. The maximum atomic E-state index is 14.4. The number of nitrogens with zero attached hydrogens (tertiary/aromatic N) is 1. The van der Waals surface area contributed by atoms with Gasteiger partial charge in [0.05, 0.1) is 12.3 Å². The summed E-state index contributed by atoms with van der Waals surface area (Å²) in [5.74, 6) is -2.16. The number of esters is 1. The van der Waals surface area contributed by atoms with Crippen LogP contribution in [0.1, 0.15) is 13.2 Å². The molecule has 1 saturated heterocycles. The highest BCUT2D eigenvalue weighted by Crippen LogP contribution is 2.32. The number of hydrogen-bond donors (Lipinski definition) is 2. The van der Waals surface area contributed by atoms with Crippen LogP contribution in [0.25, 0.3) is 0 Å². The van der Waals surface area contributed by atoms with Crippen molar-refractivity contribution < 1.29 is 28.2 Å². The number of carbonyl (C=O) groups excluding carboxylic acids is 1. The van der Waals surface area contributed by atoms with Gasteiger partial charge in [0.15, 0.2) is 18.5 Å². The molecule has 0 radical (unpaired) electrons. The summed E-state index contributed by atoms with van der Waals surface area (Å²) >= 11 is 1.84. The number of ether oxygens (including phenoxy) is 2. The van der Waals surface area contributed by atoms with E-state index in [0.717, 1.165) is 6.92 Å². The Morgan fingerprint density at radius 3 is 2.78 bits per heavy atom. The number of hydrogen-bond acceptors (Lipinski definition) is 6. The van der Waals surface area contributed by atoms with Crippen LogP contribution in [-0.2, 0) is 14.3 Å². The van der Waals surface area contributed by atoms with Gasteiger partial charge in [-0.2, -0.15) is 4.39 Å². The Hall–Kier alpha value is -1.34. The highest BCUT2D eigenvalue weighted by molar-refractivity contribution is 14.1. The van der Waals surface area contributed by atoms with Crippen molar-refractivity contribution in [3.05, 3.63) is 32.9 Å². The second kappa shape index (κ2) is 7.05. The minimum Gasteiger partial charge on any atom is -0.454 e. The molecular weight excluding hydrogens is 433 g/mol. The second-order valence-electron chi connectivity index (χ2n) is 4.87. The summed E-state index contributed by atoms with van der Waals surface area (Å²) in [6.45, 7) is 1.01. The Kier molecular flexibility index (Phi) is 5.52. The van der Waals surface area contributed by atoms with E-state index in [9.17, 15) is 28.3 Å². The van der Waals surface area contributed by atoms with Gasteiger partial charge in [-0.3, -0.25) is 19.1 Å². The molecule has 1 fully saturated rings. The molecule has 2 N–H and O–H groups in total. The lowest BCUT2D eigenvalue weighted by atomic mass is 10.00. The lowest BCUT2D eigenvalue weighted by Gasteiger charge is -2.40. The van der Waals surface area contributed by atoms with Crippen molar-refractivity contribution in [1.82, 2.24) is 9.55 Å². The standard InChI is InChI=1S/C12H13F2IN2O6/c1-4(18)22-9-7(14)8(19)6(2-15)23-11(9)17-3-5(13)10(20)16-12(17)21/h3,6-9,11,19H,2H2,1H3,(H,16,20,21)/t6-,7+,8-,9-,11-/m1/s1. The van der Waals surface area contributed by atoms with E-state index in [1.54, 1.807) is 4.98 Å². The summed E-state index contributed by atoms with van der Waals surface area (Å²) in [5.41, 5.74) is -2.30. The molecule has 2 rings (SSSR count). The van der Waals surface area contributed by atoms with Gasteiger partial charge < -0.3 is 14.6 Å². The second-order valence-corrected chi connectivity index (χ2v) is 5.75. The van der Waals surface area contributed by atoms with E-state index in [2.05, 4.69) is 0 Å². The molecule has 1 aromatic rings. The van der Waals surface area contributed by atoms with Crippen molar-refractivity contribution in [2.24, 2.45) is 0 Å². The third-order valence-electron chi connectivity index (χ3n) is 3.27. The molecule has 8 nitrogen and oxygen atoms in total. The first kappa shape index (κ1) is 18.0. The molecule has 1 aliphatic heterocycles. The van der Waals surface area contributed by atoms with Crippen LogP contribution in [0.2, 0.25) is 0 Å². The molecule has 0 spiro atoms. The Bertz CT molecular complexity index is 708. The van der Waals surface area contributed by atoms with E-state index < -0.39 is 53.7 Å². The van der Waals surface area contributed by atoms with Gasteiger partial charge in [0, 0.05) is 11.4 Å². The predicted molar refractivity (Wildman–Crippen MR) is 80.5 cm³/mol. The average Bonchev–Trinajstić information content (AvgIpc) is 2.48. The molecule has 128 valence electrons. The first-order chi connectivity index (χ1) is 10.8. The third-order valence-corrected chi connectivity index (χ3v) is 4.14. The van der Waals surface area contributed by atoms with Crippen LogP contribution in [0.4, 0.5) is 8.78 Å². The first-order valence-electron chi connectivity index (χ1n) is 6.48. The molecule has 0 unspecified atom stereocenters. The lowest BCUT2D eigenvalue weighted by molar-refractivity contribution is -0.233. The smallest absolute Gasteiger partial charge is 0.330 e. The van der Waals surface area contributed by atoms with Crippen LogP contribution in [0.3, 0.4) is 0 Å². The van der Waals surface area contributed by atoms with Gasteiger partial charge in [-0.05, 0) is 0 Å². The van der Waals surface area contributed by atoms with E-state index in [1.807, 2.05) is 22.6 Å². The fourth-order valence-electron chi connectivity index (χ4n) is 2.21. The third kappa shape index (κ3) is 3.61. The monoisotopic (exact) mass is 446 g/mol. The molecule has 0 aromatic carbocycles. The number of aliphatic hydroxyl groups excluding tert-OH is 1. The number of aromatic amines is 1. The highest BCUT2D eigenvalue weighted by Gasteiger charge is 2.48. The Morgan fingerprint density at radius 1 is 1.57 bits per heavy atom. The van der Waals surface area contributed by atoms with Crippen LogP contribution in [0.15, 0.2) is 15.8 Å². The molecule has 0 aliphatic carbocycles. The molecule has 5 atom stereocenters. The van der Waals surface area contributed by atoms with Crippen molar-refractivity contribution in [3.63, 3.8) is 0 Å². The Labute approximate surface area is 141 Å². The van der Waals surface area contributed by atoms with Crippen molar-refractivity contribution in [2.45, 2.75) is 37.6 Å². The summed E-state index contributed by atoms with van der Waals surface area (Å²) in [4.78, 5) is 35.8. The van der Waals surface area contributed by atoms with Crippen LogP contribution in [0, 0.1) is 5.82 Å². The maximum absolute atomic E-state index is 14.4. The van der Waals surface area contributed by atoms with Crippen molar-refractivity contribution in [1.29, 1.82) is 0 Å². The molecule has 11 heteroatoms. The predicted octanol–water partition coefficient (Wildman–Crippen LogP) is -0.361. The lowest BCUT2D eigenvalue weighted by Crippen LogP contribution is -2.57. The van der Waals surface area contributed by atoms with E-state index in [-0.39, 0.29) is 4.43 Å². The molecule has 0 saturated carbocycles. The van der Waals surface area contributed by atoms with E-state index in [1.165, 1.54) is 0 Å². The fraction of sp³-hybridized carbons (Fsp3) is 0.583. The quantitative estimate of drug-likeness (QED) is 0.373. The SMILES string of the molecule is CC(=O)O[C@@H]1[C@@H](F)[C@H](O)[C@@H](CI)O[C@H]1n1cc(F)c(=O)[nH]c1=O. The average molecular weight is 446 g/mol. The molecule has 1 aliphatic rings. The molecular formula is C12H13F2IN2O6. The maximum Gasteiger partial charge on any atom is 0.330 e. The van der Waals surface area contributed by atoms with Gasteiger partial charge in [-0.15, -0.1) is 0 Å². The number of H-pyrrole nitrogens is 1. The zero-order chi connectivity index (χ0) is 17.3. The number of carbonyl (C=O) groups is 1. The summed E-state index contributed by atoms with van der Waals surface area (Å²) in [5, 5.41) is 9.84. The van der Waals surface area contributed by atoms with Gasteiger partial charge in [0.25, 0.3) is 5.56 Å². The van der Waals surface area contributed by atoms with Gasteiger partial charge in [0.2, 0.25) is 5.82 Å². The van der Waals surface area contributed by atoms with Crippen LogP contribution in [-0.4, -0.2) is 49.5 Å². The molecule has 0 amide bonds. The largest absolute Gasteiger partial charge is 0.454 e. The Morgan fingerprint density at radius 2 is 2.22 bits per heavy atom. The number of aliphatic hydroxyl groups is 1. The zero-order valence-corrected chi connectivity index (χ0v) is 13.9. The minimum atomic E-state index is -2.06. The molecule has 2 heterocycles. The van der Waals surface area contributed by atoms with Crippen molar-refractivity contribution in [2.75, 3.05) is 4.43 Å². The number of aromatic nitrogens is 2. The van der Waals surface area contributed by atoms with Crippen LogP contribution in [0.5, 0.6) is 0 Å². The summed E-state index contributed by atoms with van der Waals surface area (Å²) in [6, 6.07) is 0. The highest BCUT2D eigenvalue weighted by atomic mass is 127. The molecule has 23 heavy (non-hydrogen) atoms. The van der Waals surface area contributed by atoms with Crippen LogP contribution < -0.4 is 11.2 Å². The van der Waals surface area contributed by atoms with Gasteiger partial charge >= 0.3 is 11.7 Å².